The Morgan fingerprint density at radius 3 is 1.49 bits per heavy atom. The molecule has 0 aromatic heterocycles. The summed E-state index contributed by atoms with van der Waals surface area (Å²) in [5, 5.41) is 8.88. The molecule has 0 aromatic carbocycles. The molecule has 0 bridgehead atoms. The highest BCUT2D eigenvalue weighted by Crippen LogP contribution is 2.43. The molecule has 0 heterocycles. The lowest BCUT2D eigenvalue weighted by atomic mass is 10.0. The average Bonchev–Trinajstić information content (AvgIpc) is 3.10. The van der Waals surface area contributed by atoms with Crippen LogP contribution in [0.4, 0.5) is 0 Å². The van der Waals surface area contributed by atoms with Crippen molar-refractivity contribution in [2.75, 3.05) is 26.4 Å². The predicted molar refractivity (Wildman–Crippen MR) is 208 cm³/mol. The van der Waals surface area contributed by atoms with Gasteiger partial charge in [0.05, 0.1) is 19.8 Å². The monoisotopic (exact) mass is 748 g/mol. The molecule has 0 amide bonds. The van der Waals surface area contributed by atoms with Crippen LogP contribution in [0.15, 0.2) is 12.2 Å². The van der Waals surface area contributed by atoms with Gasteiger partial charge in [0, 0.05) is 13.0 Å². The lowest BCUT2D eigenvalue weighted by Gasteiger charge is -2.20. The average molecular weight is 748 g/mol. The summed E-state index contributed by atoms with van der Waals surface area (Å²) in [5.41, 5.74) is 5.34. The number of ether oxygens (including phenoxy) is 2. The zero-order valence-electron chi connectivity index (χ0n) is 32.7. The van der Waals surface area contributed by atoms with Gasteiger partial charge in [-0.2, -0.15) is 0 Å². The summed E-state index contributed by atoms with van der Waals surface area (Å²) in [4.78, 5) is 33.4. The number of phosphoric ester groups is 1. The molecule has 11 heteroatoms. The largest absolute Gasteiger partial charge is 0.480 e. The van der Waals surface area contributed by atoms with E-state index in [-0.39, 0.29) is 13.0 Å². The molecule has 0 aromatic rings. The minimum atomic E-state index is -4.61. The van der Waals surface area contributed by atoms with Gasteiger partial charge in [-0.15, -0.1) is 0 Å². The predicted octanol–water partition coefficient (Wildman–Crippen LogP) is 11.0. The van der Waals surface area contributed by atoms with Crippen LogP contribution in [0.25, 0.3) is 0 Å². The van der Waals surface area contributed by atoms with Gasteiger partial charge < -0.3 is 25.2 Å². The van der Waals surface area contributed by atoms with Crippen LogP contribution in [-0.4, -0.2) is 60.5 Å². The second kappa shape index (κ2) is 37.0. The first-order valence-corrected chi connectivity index (χ1v) is 22.2. The number of carbonyl (C=O) groups is 2. The van der Waals surface area contributed by atoms with Crippen LogP contribution in [0.1, 0.15) is 194 Å². The van der Waals surface area contributed by atoms with Gasteiger partial charge in [-0.25, -0.2) is 4.57 Å². The number of nitrogens with two attached hydrogens (primary N) is 1. The Labute approximate surface area is 312 Å². The fraction of sp³-hybridized carbons (Fsp3) is 0.900. The zero-order chi connectivity index (χ0) is 37.7. The van der Waals surface area contributed by atoms with Crippen LogP contribution in [0.3, 0.4) is 0 Å². The van der Waals surface area contributed by atoms with Gasteiger partial charge >= 0.3 is 19.8 Å². The Bertz CT molecular complexity index is 873. The Hall–Kier alpha value is -1.29. The second-order valence-corrected chi connectivity index (χ2v) is 15.6. The quantitative estimate of drug-likeness (QED) is 0.0239. The maximum absolute atomic E-state index is 12.6. The van der Waals surface area contributed by atoms with Crippen LogP contribution in [-0.2, 0) is 32.7 Å². The molecule has 3 unspecified atom stereocenters. The summed E-state index contributed by atoms with van der Waals surface area (Å²) < 4.78 is 33.3. The third kappa shape index (κ3) is 36.8. The highest BCUT2D eigenvalue weighted by Gasteiger charge is 2.27. The maximum Gasteiger partial charge on any atom is 0.472 e. The van der Waals surface area contributed by atoms with E-state index >= 15 is 0 Å². The van der Waals surface area contributed by atoms with Gasteiger partial charge in [-0.3, -0.25) is 18.6 Å². The lowest BCUT2D eigenvalue weighted by Crippen LogP contribution is -2.34. The van der Waals surface area contributed by atoms with Crippen LogP contribution in [0.5, 0.6) is 0 Å². The number of carboxylic acid groups (broad SMARTS) is 1. The van der Waals surface area contributed by atoms with Crippen molar-refractivity contribution in [3.63, 3.8) is 0 Å². The van der Waals surface area contributed by atoms with Crippen molar-refractivity contribution in [1.29, 1.82) is 0 Å². The lowest BCUT2D eigenvalue weighted by molar-refractivity contribution is -0.154. The van der Waals surface area contributed by atoms with Crippen LogP contribution >= 0.6 is 7.82 Å². The fourth-order valence-corrected chi connectivity index (χ4v) is 6.55. The van der Waals surface area contributed by atoms with Crippen LogP contribution in [0, 0.1) is 0 Å². The molecule has 0 aliphatic carbocycles. The second-order valence-electron chi connectivity index (χ2n) is 14.1. The molecule has 4 N–H and O–H groups in total. The normalized spacial score (nSPS) is 14.1. The number of phosphoric acid groups is 1. The number of allylic oxidation sites excluding steroid dienone is 2. The smallest absolute Gasteiger partial charge is 0.472 e. The van der Waals surface area contributed by atoms with E-state index in [4.69, 9.17) is 29.4 Å². The number of aliphatic carboxylic acids is 1. The highest BCUT2D eigenvalue weighted by atomic mass is 31.2. The van der Waals surface area contributed by atoms with Crippen LogP contribution in [0.2, 0.25) is 0 Å². The van der Waals surface area contributed by atoms with Crippen molar-refractivity contribution in [3.05, 3.63) is 12.2 Å². The molecule has 0 radical (unpaired) electrons. The molecule has 51 heavy (non-hydrogen) atoms. The zero-order valence-corrected chi connectivity index (χ0v) is 33.6. The van der Waals surface area contributed by atoms with E-state index in [1.807, 2.05) is 0 Å². The van der Waals surface area contributed by atoms with E-state index < -0.39 is 45.1 Å². The summed E-state index contributed by atoms with van der Waals surface area (Å²) in [6, 6.07) is -1.47. The first-order valence-electron chi connectivity index (χ1n) is 20.7. The maximum atomic E-state index is 12.6. The number of unbranched alkanes of at least 4 members (excludes halogenated alkanes) is 24. The highest BCUT2D eigenvalue weighted by molar-refractivity contribution is 7.47. The van der Waals surface area contributed by atoms with Gasteiger partial charge in [0.1, 0.15) is 12.1 Å². The molecule has 10 nitrogen and oxygen atoms in total. The number of hydrogen-bond acceptors (Lipinski definition) is 8. The summed E-state index contributed by atoms with van der Waals surface area (Å²) in [6.07, 6.45) is 36.8. The van der Waals surface area contributed by atoms with Crippen molar-refractivity contribution < 1.29 is 42.7 Å². The van der Waals surface area contributed by atoms with Gasteiger partial charge in [0.2, 0.25) is 0 Å². The minimum Gasteiger partial charge on any atom is -0.480 e. The Morgan fingerprint density at radius 2 is 1.02 bits per heavy atom. The van der Waals surface area contributed by atoms with Crippen molar-refractivity contribution in [3.8, 4) is 0 Å². The molecule has 0 saturated heterocycles. The number of esters is 1. The Morgan fingerprint density at radius 1 is 0.608 bits per heavy atom. The van der Waals surface area contributed by atoms with E-state index in [9.17, 15) is 19.0 Å². The molecule has 0 fully saturated rings. The van der Waals surface area contributed by atoms with E-state index in [0.29, 0.717) is 13.0 Å². The van der Waals surface area contributed by atoms with E-state index in [2.05, 4.69) is 26.0 Å². The molecule has 302 valence electrons. The minimum absolute atomic E-state index is 0.0190. The third-order valence-electron chi connectivity index (χ3n) is 9.04. The first kappa shape index (κ1) is 49.7. The molecule has 0 aliphatic rings. The molecule has 0 spiro atoms. The fourth-order valence-electron chi connectivity index (χ4n) is 5.77. The molecule has 0 aliphatic heterocycles. The van der Waals surface area contributed by atoms with Crippen molar-refractivity contribution >= 4 is 19.8 Å². The van der Waals surface area contributed by atoms with Crippen LogP contribution < -0.4 is 5.73 Å². The number of rotatable bonds is 40. The number of carboxylic acids is 1. The van der Waals surface area contributed by atoms with Gasteiger partial charge in [0.25, 0.3) is 0 Å². The summed E-state index contributed by atoms with van der Waals surface area (Å²) in [7, 11) is -4.61. The Kier molecular flexibility index (Phi) is 36.1. The van der Waals surface area contributed by atoms with Crippen molar-refractivity contribution in [1.82, 2.24) is 0 Å². The molecular formula is C40H78NO9P. The van der Waals surface area contributed by atoms with E-state index in [0.717, 1.165) is 51.4 Å². The van der Waals surface area contributed by atoms with E-state index in [1.54, 1.807) is 0 Å². The number of hydrogen-bond donors (Lipinski definition) is 3. The SMILES string of the molecule is CCCCCCCCC/C=C\CCCCCCCC(=O)OC(COCCCCCCCCCCCCCCC)COP(=O)(O)OCC(N)C(=O)O. The van der Waals surface area contributed by atoms with Crippen molar-refractivity contribution in [2.45, 2.75) is 206 Å². The Balaban J connectivity index is 4.26. The molecular weight excluding hydrogens is 669 g/mol. The van der Waals surface area contributed by atoms with Gasteiger partial charge in [0.15, 0.2) is 0 Å². The molecule has 3 atom stereocenters. The van der Waals surface area contributed by atoms with Gasteiger partial charge in [-0.1, -0.05) is 161 Å². The topological polar surface area (TPSA) is 155 Å². The first-order chi connectivity index (χ1) is 24.7. The number of carbonyl (C=O) groups excluding carboxylic acids is 1. The summed E-state index contributed by atoms with van der Waals surface area (Å²) in [6.45, 7) is 3.89. The third-order valence-corrected chi connectivity index (χ3v) is 10.00. The van der Waals surface area contributed by atoms with Crippen molar-refractivity contribution in [2.24, 2.45) is 5.73 Å². The standard InChI is InChI=1S/C40H78NO9P/c1-3-5-7-9-11-13-15-17-18-19-20-22-24-26-28-30-32-39(42)50-37(35-48-51(45,46)49-36-38(41)40(43)44)34-47-33-31-29-27-25-23-21-16-14-12-10-8-6-4-2/h18-19,37-38H,3-17,20-36,41H2,1-2H3,(H,43,44)(H,45,46)/b19-18-. The molecule has 0 rings (SSSR count). The summed E-state index contributed by atoms with van der Waals surface area (Å²) in [5.74, 6) is -1.78. The van der Waals surface area contributed by atoms with Gasteiger partial charge in [-0.05, 0) is 38.5 Å². The van der Waals surface area contributed by atoms with E-state index in [1.165, 1.54) is 116 Å². The summed E-state index contributed by atoms with van der Waals surface area (Å²) >= 11 is 0. The molecule has 0 saturated carbocycles.